The van der Waals surface area contributed by atoms with Crippen molar-refractivity contribution in [2.24, 2.45) is 11.8 Å². The third-order valence-corrected chi connectivity index (χ3v) is 3.40. The van der Waals surface area contributed by atoms with E-state index in [4.69, 9.17) is 4.74 Å². The van der Waals surface area contributed by atoms with Gasteiger partial charge in [0.25, 0.3) is 0 Å². The molecule has 1 heterocycles. The van der Waals surface area contributed by atoms with Gasteiger partial charge in [-0.15, -0.1) is 0 Å². The minimum Gasteiger partial charge on any atom is -0.381 e. The highest BCUT2D eigenvalue weighted by molar-refractivity contribution is 9.09. The van der Waals surface area contributed by atoms with Crippen LogP contribution in [0.3, 0.4) is 0 Å². The van der Waals surface area contributed by atoms with E-state index in [9.17, 15) is 0 Å². The molecule has 1 nitrogen and oxygen atoms in total. The van der Waals surface area contributed by atoms with Crippen molar-refractivity contribution < 1.29 is 4.74 Å². The van der Waals surface area contributed by atoms with Crippen LogP contribution in [0.15, 0.2) is 12.2 Å². The zero-order valence-electron chi connectivity index (χ0n) is 5.79. The van der Waals surface area contributed by atoms with Crippen LogP contribution in [0.4, 0.5) is 0 Å². The average Bonchev–Trinajstić information content (AvgIpc) is 2.36. The maximum atomic E-state index is 5.39. The topological polar surface area (TPSA) is 9.23 Å². The van der Waals surface area contributed by atoms with Gasteiger partial charge in [0.2, 0.25) is 0 Å². The van der Waals surface area contributed by atoms with E-state index in [-0.39, 0.29) is 0 Å². The molecule has 10 heavy (non-hydrogen) atoms. The number of fused-ring (bicyclic) bond motifs is 1. The van der Waals surface area contributed by atoms with Gasteiger partial charge in [0, 0.05) is 10.7 Å². The number of ether oxygens (including phenoxy) is 1. The summed E-state index contributed by atoms with van der Waals surface area (Å²) in [5, 5.41) is 0. The van der Waals surface area contributed by atoms with Crippen LogP contribution in [0.25, 0.3) is 0 Å². The lowest BCUT2D eigenvalue weighted by molar-refractivity contribution is 0.182. The van der Waals surface area contributed by atoms with Crippen LogP contribution in [0.2, 0.25) is 0 Å². The van der Waals surface area contributed by atoms with Gasteiger partial charge in [0.05, 0.1) is 13.2 Å². The molecule has 0 saturated carbocycles. The summed E-state index contributed by atoms with van der Waals surface area (Å²) in [6.07, 6.45) is 5.72. The number of rotatable bonds is 0. The van der Waals surface area contributed by atoms with Gasteiger partial charge < -0.3 is 4.74 Å². The molecule has 2 aliphatic rings. The van der Waals surface area contributed by atoms with Crippen LogP contribution < -0.4 is 0 Å². The third-order valence-electron chi connectivity index (χ3n) is 2.42. The lowest BCUT2D eigenvalue weighted by Gasteiger charge is -2.23. The number of hydrogen-bond donors (Lipinski definition) is 0. The van der Waals surface area contributed by atoms with Crippen molar-refractivity contribution in [3.05, 3.63) is 12.2 Å². The second kappa shape index (κ2) is 2.67. The second-order valence-corrected chi connectivity index (χ2v) is 4.13. The first kappa shape index (κ1) is 6.86. The van der Waals surface area contributed by atoms with E-state index in [2.05, 4.69) is 28.1 Å². The third kappa shape index (κ3) is 1.04. The SMILES string of the molecule is BrC1C=CC[C@H]2COC[C@@H]12. The molecule has 0 aromatic heterocycles. The molecule has 0 amide bonds. The largest absolute Gasteiger partial charge is 0.381 e. The summed E-state index contributed by atoms with van der Waals surface area (Å²) in [4.78, 5) is 0.564. The first-order chi connectivity index (χ1) is 4.88. The summed E-state index contributed by atoms with van der Waals surface area (Å²) in [7, 11) is 0. The summed E-state index contributed by atoms with van der Waals surface area (Å²) in [5.74, 6) is 1.53. The lowest BCUT2D eigenvalue weighted by atomic mass is 9.86. The summed E-state index contributed by atoms with van der Waals surface area (Å²) in [6.45, 7) is 1.92. The molecule has 2 rings (SSSR count). The van der Waals surface area contributed by atoms with Crippen molar-refractivity contribution in [3.63, 3.8) is 0 Å². The van der Waals surface area contributed by atoms with Crippen molar-refractivity contribution in [2.75, 3.05) is 13.2 Å². The molecule has 1 saturated heterocycles. The lowest BCUT2D eigenvalue weighted by Crippen LogP contribution is -2.23. The van der Waals surface area contributed by atoms with E-state index in [1.807, 2.05) is 0 Å². The Morgan fingerprint density at radius 1 is 1.40 bits per heavy atom. The molecule has 56 valence electrons. The van der Waals surface area contributed by atoms with Gasteiger partial charge in [-0.25, -0.2) is 0 Å². The fourth-order valence-electron chi connectivity index (χ4n) is 1.74. The molecule has 1 fully saturated rings. The van der Waals surface area contributed by atoms with Crippen LogP contribution in [-0.2, 0) is 4.74 Å². The number of allylic oxidation sites excluding steroid dienone is 2. The summed E-state index contributed by atoms with van der Waals surface area (Å²) >= 11 is 3.63. The zero-order valence-corrected chi connectivity index (χ0v) is 7.38. The molecule has 0 bridgehead atoms. The Kier molecular flexibility index (Phi) is 1.83. The molecule has 0 aromatic carbocycles. The van der Waals surface area contributed by atoms with E-state index in [0.29, 0.717) is 4.83 Å². The normalized spacial score (nSPS) is 45.5. The Bertz CT molecular complexity index is 155. The fraction of sp³-hybridized carbons (Fsp3) is 0.750. The number of halogens is 1. The van der Waals surface area contributed by atoms with Gasteiger partial charge in [-0.2, -0.15) is 0 Å². The molecule has 1 aliphatic carbocycles. The molecule has 0 radical (unpaired) electrons. The number of alkyl halides is 1. The van der Waals surface area contributed by atoms with Gasteiger partial charge in [0.15, 0.2) is 0 Å². The first-order valence-electron chi connectivity index (χ1n) is 3.76. The standard InChI is InChI=1S/C8H11BrO/c9-8-3-1-2-6-4-10-5-7(6)8/h1,3,6-8H,2,4-5H2/t6-,7+,8?/m0/s1. The van der Waals surface area contributed by atoms with Crippen molar-refractivity contribution >= 4 is 15.9 Å². The highest BCUT2D eigenvalue weighted by Crippen LogP contribution is 2.34. The van der Waals surface area contributed by atoms with Crippen LogP contribution in [0.1, 0.15) is 6.42 Å². The van der Waals surface area contributed by atoms with Crippen molar-refractivity contribution in [1.29, 1.82) is 0 Å². The van der Waals surface area contributed by atoms with Gasteiger partial charge in [-0.3, -0.25) is 0 Å². The Balaban J connectivity index is 2.13. The molecular formula is C8H11BrO. The Morgan fingerprint density at radius 3 is 3.10 bits per heavy atom. The first-order valence-corrected chi connectivity index (χ1v) is 4.68. The van der Waals surface area contributed by atoms with Crippen molar-refractivity contribution in [1.82, 2.24) is 0 Å². The second-order valence-electron chi connectivity index (χ2n) is 3.07. The van der Waals surface area contributed by atoms with Crippen molar-refractivity contribution in [2.45, 2.75) is 11.2 Å². The smallest absolute Gasteiger partial charge is 0.0511 e. The fourth-order valence-corrected chi connectivity index (χ4v) is 2.54. The maximum Gasteiger partial charge on any atom is 0.0511 e. The molecule has 0 aromatic rings. The van der Waals surface area contributed by atoms with Gasteiger partial charge >= 0.3 is 0 Å². The molecule has 1 aliphatic heterocycles. The summed E-state index contributed by atoms with van der Waals surface area (Å²) in [5.41, 5.74) is 0. The molecule has 0 spiro atoms. The van der Waals surface area contributed by atoms with E-state index in [0.717, 1.165) is 25.0 Å². The average molecular weight is 203 g/mol. The van der Waals surface area contributed by atoms with E-state index < -0.39 is 0 Å². The Morgan fingerprint density at radius 2 is 2.30 bits per heavy atom. The molecular weight excluding hydrogens is 192 g/mol. The zero-order chi connectivity index (χ0) is 6.97. The van der Waals surface area contributed by atoms with E-state index >= 15 is 0 Å². The highest BCUT2D eigenvalue weighted by Gasteiger charge is 2.33. The Labute approximate surface area is 69.6 Å². The van der Waals surface area contributed by atoms with Gasteiger partial charge in [-0.05, 0) is 12.3 Å². The molecule has 0 N–H and O–H groups in total. The quantitative estimate of drug-likeness (QED) is 0.432. The maximum absolute atomic E-state index is 5.39. The molecule has 1 unspecified atom stereocenters. The van der Waals surface area contributed by atoms with Gasteiger partial charge in [-0.1, -0.05) is 28.1 Å². The Hall–Kier alpha value is 0.180. The number of hydrogen-bond acceptors (Lipinski definition) is 1. The van der Waals surface area contributed by atoms with E-state index in [1.165, 1.54) is 6.42 Å². The van der Waals surface area contributed by atoms with Crippen LogP contribution >= 0.6 is 15.9 Å². The highest BCUT2D eigenvalue weighted by atomic mass is 79.9. The van der Waals surface area contributed by atoms with Crippen LogP contribution in [-0.4, -0.2) is 18.0 Å². The van der Waals surface area contributed by atoms with E-state index in [1.54, 1.807) is 0 Å². The molecule has 3 atom stereocenters. The summed E-state index contributed by atoms with van der Waals surface area (Å²) < 4.78 is 5.39. The minimum absolute atomic E-state index is 0.564. The van der Waals surface area contributed by atoms with Crippen molar-refractivity contribution in [3.8, 4) is 0 Å². The molecule has 2 heteroatoms. The summed E-state index contributed by atoms with van der Waals surface area (Å²) in [6, 6.07) is 0. The van der Waals surface area contributed by atoms with Crippen LogP contribution in [0.5, 0.6) is 0 Å². The predicted molar refractivity (Wildman–Crippen MR) is 44.3 cm³/mol. The minimum atomic E-state index is 0.564. The monoisotopic (exact) mass is 202 g/mol. The predicted octanol–water partition coefficient (Wildman–Crippen LogP) is 1.97. The van der Waals surface area contributed by atoms with Gasteiger partial charge in [0.1, 0.15) is 0 Å². The van der Waals surface area contributed by atoms with Crippen LogP contribution in [0, 0.1) is 11.8 Å².